The minimum Gasteiger partial charge on any atom is -0.455 e. The lowest BCUT2D eigenvalue weighted by Crippen LogP contribution is -2.51. The molecule has 36 heavy (non-hydrogen) atoms. The largest absolute Gasteiger partial charge is 0.455 e. The minimum atomic E-state index is -2.13. The predicted octanol–water partition coefficient (Wildman–Crippen LogP) is 4.81. The number of nitrogens with two attached hydrogens (primary N) is 4. The predicted molar refractivity (Wildman–Crippen MR) is 167 cm³/mol. The molecule has 0 heterocycles. The Balaban J connectivity index is 0. The van der Waals surface area contributed by atoms with Crippen LogP contribution in [0.2, 0.25) is 63.5 Å². The van der Waals surface area contributed by atoms with Gasteiger partial charge in [-0.25, -0.2) is 0 Å². The van der Waals surface area contributed by atoms with Crippen molar-refractivity contribution in [3.8, 4) is 0 Å². The summed E-state index contributed by atoms with van der Waals surface area (Å²) in [6, 6.07) is 4.45. The standard InChI is InChI=1S/C12H32N2O3Si2.C12H32N2OSi2/c1-15-18(3,11-7-5-9-13)17-19(4,16-2)12-8-6-10-14;1-16(2,11-7-5-9-13)15-17(3,4)12-8-6-10-14/h5-14H2,1-4H3;5-14H2,1-4H3. The van der Waals surface area contributed by atoms with Crippen LogP contribution in [0.25, 0.3) is 0 Å². The summed E-state index contributed by atoms with van der Waals surface area (Å²) in [4.78, 5) is 0. The maximum Gasteiger partial charge on any atom is 0.325 e. The second-order valence-electron chi connectivity index (χ2n) is 11.4. The van der Waals surface area contributed by atoms with Gasteiger partial charge >= 0.3 is 17.1 Å². The first kappa shape index (κ1) is 38.7. The van der Waals surface area contributed by atoms with Crippen molar-refractivity contribution >= 4 is 33.8 Å². The van der Waals surface area contributed by atoms with Crippen LogP contribution >= 0.6 is 0 Å². The Bertz CT molecular complexity index is 483. The van der Waals surface area contributed by atoms with Crippen molar-refractivity contribution in [3.63, 3.8) is 0 Å². The van der Waals surface area contributed by atoms with E-state index in [-0.39, 0.29) is 0 Å². The summed E-state index contributed by atoms with van der Waals surface area (Å²) in [7, 11) is -3.68. The lowest BCUT2D eigenvalue weighted by molar-refractivity contribution is 0.238. The highest BCUT2D eigenvalue weighted by molar-refractivity contribution is 6.84. The molecule has 8 nitrogen and oxygen atoms in total. The molecule has 0 aliphatic carbocycles. The lowest BCUT2D eigenvalue weighted by atomic mass is 10.3. The van der Waals surface area contributed by atoms with Crippen molar-refractivity contribution in [2.45, 2.75) is 115 Å². The van der Waals surface area contributed by atoms with E-state index in [0.29, 0.717) is 0 Å². The van der Waals surface area contributed by atoms with Gasteiger partial charge in [0.05, 0.1) is 0 Å². The van der Waals surface area contributed by atoms with Gasteiger partial charge < -0.3 is 40.0 Å². The van der Waals surface area contributed by atoms with E-state index >= 15 is 0 Å². The van der Waals surface area contributed by atoms with E-state index in [9.17, 15) is 0 Å². The van der Waals surface area contributed by atoms with Crippen LogP contribution in [0.3, 0.4) is 0 Å². The molecule has 0 aromatic carbocycles. The van der Waals surface area contributed by atoms with E-state index < -0.39 is 33.8 Å². The molecule has 0 aromatic heterocycles. The van der Waals surface area contributed by atoms with Crippen LogP contribution in [0.5, 0.6) is 0 Å². The summed E-state index contributed by atoms with van der Waals surface area (Å²) >= 11 is 0. The topological polar surface area (TPSA) is 141 Å². The Kier molecular flexibility index (Phi) is 23.0. The molecule has 2 atom stereocenters. The van der Waals surface area contributed by atoms with Gasteiger partial charge in [0.2, 0.25) is 0 Å². The van der Waals surface area contributed by atoms with Crippen LogP contribution in [0, 0.1) is 0 Å². The fraction of sp³-hybridized carbons (Fsp3) is 1.00. The van der Waals surface area contributed by atoms with Crippen molar-refractivity contribution in [2.75, 3.05) is 40.4 Å². The van der Waals surface area contributed by atoms with Gasteiger partial charge in [-0.05, 0) is 115 Å². The van der Waals surface area contributed by atoms with Gasteiger partial charge in [-0.15, -0.1) is 0 Å². The van der Waals surface area contributed by atoms with Crippen molar-refractivity contribution in [2.24, 2.45) is 22.9 Å². The first-order valence-electron chi connectivity index (χ1n) is 14.1. The molecule has 12 heteroatoms. The third-order valence-corrected chi connectivity index (χ3v) is 21.7. The summed E-state index contributed by atoms with van der Waals surface area (Å²) in [6.45, 7) is 16.7. The third-order valence-electron chi connectivity index (χ3n) is 6.48. The number of hydrogen-bond acceptors (Lipinski definition) is 8. The van der Waals surface area contributed by atoms with Crippen LogP contribution in [-0.2, 0) is 17.1 Å². The van der Waals surface area contributed by atoms with Gasteiger partial charge in [-0.2, -0.15) is 0 Å². The highest BCUT2D eigenvalue weighted by Gasteiger charge is 2.41. The van der Waals surface area contributed by atoms with Gasteiger partial charge in [0.15, 0.2) is 16.6 Å². The van der Waals surface area contributed by atoms with E-state index in [4.69, 9.17) is 40.0 Å². The number of rotatable bonds is 22. The molecular weight excluding hydrogens is 521 g/mol. The zero-order valence-electron chi connectivity index (χ0n) is 25.3. The van der Waals surface area contributed by atoms with E-state index in [1.807, 2.05) is 0 Å². The average Bonchev–Trinajstić information content (AvgIpc) is 2.79. The molecule has 8 N–H and O–H groups in total. The Morgan fingerprint density at radius 1 is 0.417 bits per heavy atom. The molecule has 0 aliphatic rings. The second-order valence-corrected chi connectivity index (χ2v) is 27.4. The minimum absolute atomic E-state index is 0.726. The first-order valence-corrected chi connectivity index (χ1v) is 25.4. The fourth-order valence-electron chi connectivity index (χ4n) is 4.27. The van der Waals surface area contributed by atoms with Crippen LogP contribution in [0.1, 0.15) is 51.4 Å². The van der Waals surface area contributed by atoms with Gasteiger partial charge in [0, 0.05) is 14.2 Å². The molecule has 0 bridgehead atoms. The van der Waals surface area contributed by atoms with Gasteiger partial charge in [0.25, 0.3) is 0 Å². The van der Waals surface area contributed by atoms with E-state index in [1.165, 1.54) is 24.9 Å². The van der Waals surface area contributed by atoms with Gasteiger partial charge in [-0.1, -0.05) is 25.7 Å². The van der Waals surface area contributed by atoms with E-state index in [2.05, 4.69) is 39.3 Å². The quantitative estimate of drug-likeness (QED) is 0.105. The maximum atomic E-state index is 6.51. The zero-order chi connectivity index (χ0) is 28.1. The summed E-state index contributed by atoms with van der Waals surface area (Å²) in [5.74, 6) is 0. The molecule has 0 amide bonds. The molecule has 0 saturated heterocycles. The summed E-state index contributed by atoms with van der Waals surface area (Å²) in [5, 5.41) is 0. The molecule has 220 valence electrons. The maximum absolute atomic E-state index is 6.51. The Hall–Kier alpha value is 0.548. The Labute approximate surface area is 228 Å². The molecule has 0 spiro atoms. The van der Waals surface area contributed by atoms with Crippen molar-refractivity contribution in [3.05, 3.63) is 0 Å². The fourth-order valence-corrected chi connectivity index (χ4v) is 20.6. The second kappa shape index (κ2) is 21.4. The molecule has 0 aliphatic heterocycles. The highest BCUT2D eigenvalue weighted by Crippen LogP contribution is 2.26. The highest BCUT2D eigenvalue weighted by atomic mass is 28.5. The van der Waals surface area contributed by atoms with Gasteiger partial charge in [0.1, 0.15) is 0 Å². The average molecular weight is 585 g/mol. The van der Waals surface area contributed by atoms with Crippen molar-refractivity contribution in [1.29, 1.82) is 0 Å². The summed E-state index contributed by atoms with van der Waals surface area (Å²) < 4.78 is 24.3. The van der Waals surface area contributed by atoms with Crippen LogP contribution in [-0.4, -0.2) is 74.2 Å². The summed E-state index contributed by atoms with van der Waals surface area (Å²) in [6.07, 6.45) is 8.88. The van der Waals surface area contributed by atoms with Crippen LogP contribution in [0.4, 0.5) is 0 Å². The Morgan fingerprint density at radius 3 is 0.944 bits per heavy atom. The molecule has 2 unspecified atom stereocenters. The molecule has 0 radical (unpaired) electrons. The first-order chi connectivity index (χ1) is 16.8. The third kappa shape index (κ3) is 21.5. The van der Waals surface area contributed by atoms with Crippen LogP contribution in [0.15, 0.2) is 0 Å². The van der Waals surface area contributed by atoms with Crippen molar-refractivity contribution in [1.82, 2.24) is 0 Å². The zero-order valence-corrected chi connectivity index (χ0v) is 29.3. The lowest BCUT2D eigenvalue weighted by Gasteiger charge is -2.35. The molecule has 0 aromatic rings. The van der Waals surface area contributed by atoms with Crippen LogP contribution < -0.4 is 22.9 Å². The molecular formula is C24H64N4O4Si4. The summed E-state index contributed by atoms with van der Waals surface area (Å²) in [5.41, 5.74) is 22.2. The number of unbranched alkanes of at least 4 members (excludes halogenated alkanes) is 4. The van der Waals surface area contributed by atoms with Crippen molar-refractivity contribution < 1.29 is 17.1 Å². The number of hydrogen-bond donors (Lipinski definition) is 4. The van der Waals surface area contributed by atoms with E-state index in [1.54, 1.807) is 14.2 Å². The monoisotopic (exact) mass is 584 g/mol. The molecule has 0 fully saturated rings. The smallest absolute Gasteiger partial charge is 0.325 e. The SMILES string of the molecule is CO[Si](C)(CCCCN)O[Si](C)(CCCCN)OC.C[Si](C)(CCCCN)O[Si](C)(C)CCCCN. The normalized spacial score (nSPS) is 15.7. The molecule has 0 saturated carbocycles. The van der Waals surface area contributed by atoms with E-state index in [0.717, 1.165) is 76.8 Å². The Morgan fingerprint density at radius 2 is 0.694 bits per heavy atom. The van der Waals surface area contributed by atoms with Gasteiger partial charge in [-0.3, -0.25) is 0 Å². The molecule has 0 rings (SSSR count).